The van der Waals surface area contributed by atoms with E-state index in [-0.39, 0.29) is 16.4 Å². The monoisotopic (exact) mass is 275 g/mol. The van der Waals surface area contributed by atoms with Crippen molar-refractivity contribution in [3.63, 3.8) is 0 Å². The van der Waals surface area contributed by atoms with Crippen LogP contribution in [0.25, 0.3) is 6.08 Å². The summed E-state index contributed by atoms with van der Waals surface area (Å²) in [7, 11) is 0. The van der Waals surface area contributed by atoms with Crippen LogP contribution in [0.5, 0.6) is 0 Å². The summed E-state index contributed by atoms with van der Waals surface area (Å²) in [6.45, 7) is 0. The van der Waals surface area contributed by atoms with Gasteiger partial charge < -0.3 is 16.4 Å². The Bertz CT molecular complexity index is 310. The molecule has 0 aromatic heterocycles. The first-order valence-electron chi connectivity index (χ1n) is 3.42. The molecule has 0 aliphatic rings. The third-order valence-corrected chi connectivity index (χ3v) is 2.09. The van der Waals surface area contributed by atoms with Crippen LogP contribution in [0.15, 0.2) is 34.7 Å². The van der Waals surface area contributed by atoms with Gasteiger partial charge in [0.15, 0.2) is 0 Å². The topological polar surface area (TPSA) is 132 Å². The average Bonchev–Trinajstić information content (AvgIpc) is 2.06. The van der Waals surface area contributed by atoms with Crippen LogP contribution in [0.4, 0.5) is 0 Å². The number of rotatable bonds is 2. The number of carbonyl (C=O) groups is 1. The van der Waals surface area contributed by atoms with Crippen molar-refractivity contribution in [2.45, 2.75) is 0 Å². The molecule has 0 amide bonds. The van der Waals surface area contributed by atoms with Gasteiger partial charge in [0.25, 0.3) is 0 Å². The van der Waals surface area contributed by atoms with E-state index >= 15 is 0 Å². The minimum atomic E-state index is -0.876. The van der Waals surface area contributed by atoms with Crippen LogP contribution >= 0.6 is 0 Å². The van der Waals surface area contributed by atoms with Gasteiger partial charge in [-0.25, -0.2) is 0 Å². The molecule has 1 rings (SSSR count). The fourth-order valence-corrected chi connectivity index (χ4v) is 1.13. The minimum absolute atomic E-state index is 0. The Morgan fingerprint density at radius 2 is 1.60 bits per heavy atom. The fraction of sp³-hybridized carbons (Fsp3) is 0. The van der Waals surface area contributed by atoms with Gasteiger partial charge in [0.1, 0.15) is 0 Å². The van der Waals surface area contributed by atoms with Crippen LogP contribution < -0.4 is 0 Å². The van der Waals surface area contributed by atoms with E-state index in [4.69, 9.17) is 5.11 Å². The van der Waals surface area contributed by atoms with Gasteiger partial charge in [-0.1, -0.05) is 0 Å². The summed E-state index contributed by atoms with van der Waals surface area (Å²) in [6.07, 6.45) is 1.64. The average molecular weight is 274 g/mol. The summed E-state index contributed by atoms with van der Waals surface area (Å²) in [5.41, 5.74) is 0.914. The van der Waals surface area contributed by atoms with Gasteiger partial charge in [-0.15, -0.1) is 0 Å². The Kier molecular flexibility index (Phi) is 12.2. The molecule has 0 aliphatic heterocycles. The maximum absolute atomic E-state index is 10.4. The molecule has 7 N–H and O–H groups in total. The molecule has 1 aromatic carbocycles. The van der Waals surface area contributed by atoms with Crippen molar-refractivity contribution in [1.82, 2.24) is 0 Å². The zero-order valence-electron chi connectivity index (χ0n) is 7.82. The molecule has 0 fully saturated rings. The molecule has 0 saturated heterocycles. The van der Waals surface area contributed by atoms with Gasteiger partial charge in [-0.2, -0.15) is 0 Å². The van der Waals surface area contributed by atoms with Gasteiger partial charge in [0.2, 0.25) is 0 Å². The van der Waals surface area contributed by atoms with E-state index in [1.807, 2.05) is 30.3 Å². The first kappa shape index (κ1) is 19.4. The molecule has 0 bridgehead atoms. The van der Waals surface area contributed by atoms with Crippen LogP contribution in [-0.2, 0) is 4.79 Å². The second-order valence-electron chi connectivity index (χ2n) is 2.27. The van der Waals surface area contributed by atoms with Crippen molar-refractivity contribution in [2.24, 2.45) is 0 Å². The molecule has 0 unspecified atom stereocenters. The Labute approximate surface area is 95.6 Å². The molecule has 0 heterocycles. The third-order valence-electron chi connectivity index (χ3n) is 1.34. The molecular formula is C9H13GeO5. The molecule has 3 radical (unpaired) electrons. The van der Waals surface area contributed by atoms with Gasteiger partial charge >= 0.3 is 78.8 Å². The summed E-state index contributed by atoms with van der Waals surface area (Å²) in [6, 6.07) is 9.38. The molecule has 5 nitrogen and oxygen atoms in total. The number of hydrogen-bond acceptors (Lipinski definition) is 1. The van der Waals surface area contributed by atoms with Crippen LogP contribution in [-0.4, -0.2) is 44.0 Å². The van der Waals surface area contributed by atoms with Crippen molar-refractivity contribution in [3.8, 4) is 0 Å². The molecule has 83 valence electrons. The quantitative estimate of drug-likeness (QED) is 0.536. The fourth-order valence-electron chi connectivity index (χ4n) is 0.778. The molecule has 0 spiro atoms. The number of carboxylic acids is 1. The SMILES string of the molecule is O.O.O.O=C(O)[C]([Ge])=Cc1ccccc1. The second-order valence-corrected chi connectivity index (χ2v) is 3.40. The van der Waals surface area contributed by atoms with Crippen LogP contribution in [0.3, 0.4) is 0 Å². The molecule has 0 atom stereocenters. The van der Waals surface area contributed by atoms with Gasteiger partial charge in [-0.3, -0.25) is 0 Å². The second kappa shape index (κ2) is 9.41. The van der Waals surface area contributed by atoms with Crippen LogP contribution in [0.1, 0.15) is 5.56 Å². The molecule has 0 saturated carbocycles. The Balaban J connectivity index is -0.000000480. The van der Waals surface area contributed by atoms with Crippen LogP contribution in [0, 0.1) is 0 Å². The van der Waals surface area contributed by atoms with E-state index < -0.39 is 5.97 Å². The predicted molar refractivity (Wildman–Crippen MR) is 58.7 cm³/mol. The Hall–Kier alpha value is -1.15. The number of aliphatic carboxylic acids is 1. The summed E-state index contributed by atoms with van der Waals surface area (Å²) < 4.78 is 0.348. The standard InChI is InChI=1S/C9H7GeO2.3H2O/c10-8(9(11)12)6-7-4-2-1-3-5-7;;;/h1-6H,(H,11,12);3*1H2. The van der Waals surface area contributed by atoms with Crippen molar-refractivity contribution in [2.75, 3.05) is 0 Å². The van der Waals surface area contributed by atoms with E-state index in [0.717, 1.165) is 5.56 Å². The van der Waals surface area contributed by atoms with E-state index in [1.165, 1.54) is 0 Å². The molecule has 15 heavy (non-hydrogen) atoms. The van der Waals surface area contributed by atoms with E-state index in [2.05, 4.69) is 0 Å². The maximum atomic E-state index is 10.4. The summed E-state index contributed by atoms with van der Waals surface area (Å²) in [5.74, 6) is -0.876. The first-order chi connectivity index (χ1) is 5.70. The van der Waals surface area contributed by atoms with Crippen molar-refractivity contribution in [1.29, 1.82) is 0 Å². The number of benzene rings is 1. The summed E-state index contributed by atoms with van der Waals surface area (Å²) in [4.78, 5) is 10.4. The summed E-state index contributed by atoms with van der Waals surface area (Å²) >= 11 is 1.58. The predicted octanol–water partition coefficient (Wildman–Crippen LogP) is -1.19. The van der Waals surface area contributed by atoms with Crippen molar-refractivity contribution >= 4 is 28.6 Å². The summed E-state index contributed by atoms with van der Waals surface area (Å²) in [5, 5.41) is 8.58. The first-order valence-corrected chi connectivity index (χ1v) is 4.46. The van der Waals surface area contributed by atoms with Crippen LogP contribution in [0.2, 0.25) is 0 Å². The number of carboxylic acid groups (broad SMARTS) is 1. The van der Waals surface area contributed by atoms with Gasteiger partial charge in [0.05, 0.1) is 0 Å². The van der Waals surface area contributed by atoms with E-state index in [9.17, 15) is 4.79 Å². The molecule has 0 aliphatic carbocycles. The van der Waals surface area contributed by atoms with E-state index in [0.29, 0.717) is 4.41 Å². The van der Waals surface area contributed by atoms with Gasteiger partial charge in [0, 0.05) is 0 Å². The zero-order chi connectivity index (χ0) is 8.97. The van der Waals surface area contributed by atoms with Crippen molar-refractivity contribution in [3.05, 3.63) is 40.3 Å². The third kappa shape index (κ3) is 6.86. The Morgan fingerprint density at radius 3 is 2.00 bits per heavy atom. The van der Waals surface area contributed by atoms with Crippen molar-refractivity contribution < 1.29 is 26.3 Å². The van der Waals surface area contributed by atoms with E-state index in [1.54, 1.807) is 22.6 Å². The number of hydrogen-bond donors (Lipinski definition) is 1. The zero-order valence-corrected chi connectivity index (χ0v) is 9.92. The molecule has 6 heteroatoms. The Morgan fingerprint density at radius 1 is 1.13 bits per heavy atom. The van der Waals surface area contributed by atoms with Gasteiger partial charge in [-0.05, 0) is 0 Å². The molecular weight excluding hydrogens is 261 g/mol. The normalized spacial score (nSPS) is 9.00. The molecule has 1 aromatic rings.